The van der Waals surface area contributed by atoms with Crippen molar-refractivity contribution < 1.29 is 28.8 Å². The summed E-state index contributed by atoms with van der Waals surface area (Å²) >= 11 is 1.88. The highest BCUT2D eigenvalue weighted by Crippen LogP contribution is 2.33. The van der Waals surface area contributed by atoms with Crippen molar-refractivity contribution in [3.8, 4) is 11.4 Å². The van der Waals surface area contributed by atoms with E-state index in [-0.39, 0.29) is 42.9 Å². The monoisotopic (exact) mass is 758 g/mol. The van der Waals surface area contributed by atoms with Gasteiger partial charge in [-0.05, 0) is 36.4 Å². The number of aromatic nitrogens is 6. The van der Waals surface area contributed by atoms with Crippen molar-refractivity contribution in [1.82, 2.24) is 50.8 Å². The van der Waals surface area contributed by atoms with Crippen molar-refractivity contribution in [1.29, 1.82) is 0 Å². The third-order valence-corrected chi connectivity index (χ3v) is 10.7. The third kappa shape index (κ3) is 5.08. The van der Waals surface area contributed by atoms with Crippen LogP contribution in [-0.4, -0.2) is 65.2 Å². The molecule has 18 nitrogen and oxygen atoms in total. The first-order chi connectivity index (χ1) is 26.0. The Hall–Kier alpha value is -7.58. The van der Waals surface area contributed by atoms with Crippen molar-refractivity contribution in [2.24, 2.45) is 0 Å². The number of carbonyl (C=O) groups excluding carboxylic acids is 6. The first-order valence-corrected chi connectivity index (χ1v) is 17.3. The number of fused-ring (bicyclic) bond motifs is 4. The fourth-order valence-corrected chi connectivity index (χ4v) is 8.21. The molecule has 2 aliphatic rings. The maximum absolute atomic E-state index is 14.4. The fraction of sp³-hybridized carbons (Fsp3) is 0. The number of nitrogens with one attached hydrogen (secondary N) is 6. The zero-order chi connectivity index (χ0) is 37.4. The number of urea groups is 2. The summed E-state index contributed by atoms with van der Waals surface area (Å²) in [6, 6.07) is 15.6. The molecular formula is C34H18N10O8S2. The van der Waals surface area contributed by atoms with Gasteiger partial charge in [0.25, 0.3) is 23.6 Å². The number of carbonyl (C=O) groups is 6. The van der Waals surface area contributed by atoms with Crippen LogP contribution < -0.4 is 32.1 Å². The second-order valence-corrected chi connectivity index (χ2v) is 13.7. The van der Waals surface area contributed by atoms with Gasteiger partial charge in [-0.1, -0.05) is 36.4 Å². The van der Waals surface area contributed by atoms with Crippen LogP contribution in [-0.2, 0) is 19.2 Å². The topological polar surface area (TPSA) is 252 Å². The summed E-state index contributed by atoms with van der Waals surface area (Å²) in [5.41, 5.74) is -0.447. The minimum absolute atomic E-state index is 0.0118. The molecule has 0 spiro atoms. The molecule has 0 unspecified atom stereocenters. The van der Waals surface area contributed by atoms with E-state index in [1.807, 2.05) is 21.3 Å². The van der Waals surface area contributed by atoms with Crippen LogP contribution >= 0.6 is 22.7 Å². The molecule has 0 radical (unpaired) electrons. The Labute approximate surface area is 305 Å². The second kappa shape index (κ2) is 12.0. The van der Waals surface area contributed by atoms with Crippen molar-refractivity contribution in [2.75, 3.05) is 0 Å². The molecule has 0 atom stereocenters. The van der Waals surface area contributed by atoms with E-state index in [1.54, 1.807) is 60.7 Å². The molecule has 8 amide bonds. The average molecular weight is 759 g/mol. The van der Waals surface area contributed by atoms with Crippen LogP contribution in [0.4, 0.5) is 9.59 Å². The van der Waals surface area contributed by atoms with E-state index in [0.29, 0.717) is 21.0 Å². The Kier molecular flexibility index (Phi) is 7.19. The summed E-state index contributed by atoms with van der Waals surface area (Å²) in [6.07, 6.45) is 2.35. The van der Waals surface area contributed by atoms with Crippen LogP contribution in [0.2, 0.25) is 0 Å². The van der Waals surface area contributed by atoms with Gasteiger partial charge >= 0.3 is 12.1 Å². The summed E-state index contributed by atoms with van der Waals surface area (Å²) < 4.78 is 2.99. The zero-order valence-corrected chi connectivity index (χ0v) is 28.4. The summed E-state index contributed by atoms with van der Waals surface area (Å²) in [5, 5.41) is 17.3. The van der Waals surface area contributed by atoms with Crippen molar-refractivity contribution >= 4 is 112 Å². The summed E-state index contributed by atoms with van der Waals surface area (Å²) in [4.78, 5) is 109. The molecule has 2 aliphatic heterocycles. The number of hydrogen-bond acceptors (Lipinski definition) is 12. The number of amides is 8. The molecule has 0 aliphatic carbocycles. The van der Waals surface area contributed by atoms with E-state index in [9.17, 15) is 38.4 Å². The van der Waals surface area contributed by atoms with Crippen LogP contribution in [0.1, 0.15) is 11.4 Å². The Bertz CT molecular complexity index is 2850. The minimum atomic E-state index is -0.974. The molecule has 54 heavy (non-hydrogen) atoms. The molecule has 2 fully saturated rings. The number of hydrogen-bond donors (Lipinski definition) is 6. The number of aromatic amines is 2. The van der Waals surface area contributed by atoms with Crippen molar-refractivity contribution in [2.45, 2.75) is 0 Å². The van der Waals surface area contributed by atoms with E-state index >= 15 is 0 Å². The van der Waals surface area contributed by atoms with E-state index in [0.717, 1.165) is 22.7 Å². The van der Waals surface area contributed by atoms with Crippen LogP contribution in [0, 0.1) is 0 Å². The summed E-state index contributed by atoms with van der Waals surface area (Å²) in [7, 11) is 0. The second-order valence-electron chi connectivity index (χ2n) is 11.7. The van der Waals surface area contributed by atoms with Gasteiger partial charge in [-0.2, -0.15) is 10.2 Å². The lowest BCUT2D eigenvalue weighted by Gasteiger charge is -2.13. The molecule has 7 aromatic rings. The quantitative estimate of drug-likeness (QED) is 0.0867. The predicted molar refractivity (Wildman–Crippen MR) is 196 cm³/mol. The van der Waals surface area contributed by atoms with Gasteiger partial charge in [0.05, 0.1) is 11.4 Å². The predicted octanol–water partition coefficient (Wildman–Crippen LogP) is 2.23. The number of nitrogens with zero attached hydrogens (tertiary/aromatic N) is 4. The highest BCUT2D eigenvalue weighted by Gasteiger charge is 2.31. The molecule has 264 valence electrons. The third-order valence-electron chi connectivity index (χ3n) is 8.41. The molecule has 6 heterocycles. The lowest BCUT2D eigenvalue weighted by atomic mass is 10.1. The number of imide groups is 4. The summed E-state index contributed by atoms with van der Waals surface area (Å²) in [6.45, 7) is 0. The SMILES string of the molecule is O=C1NC(=O)C(=Cc2nn(-c3ccccc3)c3sc4c(=O)c5[nH]c6c(C=C7C(=O)NC(=O)NC7=O)nn(-c7ccccc7)c6sc5c(=O)c4[nH]c23)C(=O)N1. The minimum Gasteiger partial charge on any atom is -0.347 e. The van der Waals surface area contributed by atoms with Gasteiger partial charge in [0.1, 0.15) is 63.7 Å². The van der Waals surface area contributed by atoms with Crippen LogP contribution in [0.3, 0.4) is 0 Å². The molecule has 0 saturated carbocycles. The lowest BCUT2D eigenvalue weighted by Crippen LogP contribution is -2.51. The number of barbiturate groups is 2. The molecule has 6 N–H and O–H groups in total. The molecule has 3 aromatic carbocycles. The van der Waals surface area contributed by atoms with Gasteiger partial charge in [0, 0.05) is 0 Å². The Morgan fingerprint density at radius 2 is 0.833 bits per heavy atom. The van der Waals surface area contributed by atoms with Crippen LogP contribution in [0.5, 0.6) is 0 Å². The molecule has 9 rings (SSSR count). The zero-order valence-electron chi connectivity index (χ0n) is 26.8. The molecule has 20 heteroatoms. The normalized spacial score (nSPS) is 14.8. The fourth-order valence-electron chi connectivity index (χ4n) is 5.96. The Morgan fingerprint density at radius 1 is 0.481 bits per heavy atom. The van der Waals surface area contributed by atoms with E-state index in [1.165, 1.54) is 21.5 Å². The van der Waals surface area contributed by atoms with Gasteiger partial charge in [-0.3, -0.25) is 50.0 Å². The van der Waals surface area contributed by atoms with Gasteiger partial charge in [-0.25, -0.2) is 19.0 Å². The molecule has 0 bridgehead atoms. The number of rotatable bonds is 4. The average Bonchev–Trinajstić information content (AvgIpc) is 3.70. The largest absolute Gasteiger partial charge is 0.347 e. The van der Waals surface area contributed by atoms with Gasteiger partial charge in [0.2, 0.25) is 10.9 Å². The summed E-state index contributed by atoms with van der Waals surface area (Å²) in [5.74, 6) is -3.79. The van der Waals surface area contributed by atoms with E-state index in [2.05, 4.69) is 20.2 Å². The molecular weight excluding hydrogens is 741 g/mol. The standard InChI is InChI=1S/C34H18N10O8S2/c45-23-22-26(54-32-20(36-22)18(42-44(32)14-9-5-2-6-10-14)12-16-29(49)39-34(52)40-30(16)50)24(46)21-25(23)53-31-19(35-21)17(41-43(31)13-7-3-1-4-8-13)11-15-27(47)37-33(51)38-28(15)48/h1-12,35-36H,(H2,37,38,47,48,51)(H2,39,40,49,50,52). The van der Waals surface area contributed by atoms with E-state index in [4.69, 9.17) is 0 Å². The van der Waals surface area contributed by atoms with Crippen LogP contribution in [0.15, 0.2) is 81.4 Å². The highest BCUT2D eigenvalue weighted by molar-refractivity contribution is 7.25. The van der Waals surface area contributed by atoms with Gasteiger partial charge < -0.3 is 9.97 Å². The molecule has 2 saturated heterocycles. The number of benzene rings is 3. The Balaban J connectivity index is 1.33. The maximum Gasteiger partial charge on any atom is 0.328 e. The number of para-hydroxylation sites is 2. The smallest absolute Gasteiger partial charge is 0.328 e. The lowest BCUT2D eigenvalue weighted by molar-refractivity contribution is -0.125. The Morgan fingerprint density at radius 3 is 1.19 bits per heavy atom. The molecule has 4 aromatic heterocycles. The van der Waals surface area contributed by atoms with Gasteiger partial charge in [-0.15, -0.1) is 22.7 Å². The van der Waals surface area contributed by atoms with Crippen molar-refractivity contribution in [3.63, 3.8) is 0 Å². The van der Waals surface area contributed by atoms with Crippen molar-refractivity contribution in [3.05, 3.63) is 104 Å². The van der Waals surface area contributed by atoms with Gasteiger partial charge in [0.15, 0.2) is 0 Å². The first kappa shape index (κ1) is 32.3. The highest BCUT2D eigenvalue weighted by atomic mass is 32.1. The number of H-pyrrole nitrogens is 2. The van der Waals surface area contributed by atoms with Crippen LogP contribution in [0.25, 0.3) is 64.7 Å². The first-order valence-electron chi connectivity index (χ1n) is 15.7. The maximum atomic E-state index is 14.4. The van der Waals surface area contributed by atoms with E-state index < -0.39 is 57.7 Å².